The molecule has 0 heterocycles. The molecule has 0 saturated heterocycles. The van der Waals surface area contributed by atoms with Crippen molar-refractivity contribution in [3.63, 3.8) is 0 Å². The summed E-state index contributed by atoms with van der Waals surface area (Å²) in [5.41, 5.74) is 0.862. The predicted molar refractivity (Wildman–Crippen MR) is 77.2 cm³/mol. The topological polar surface area (TPSA) is 21.3 Å². The number of halogens is 1. The minimum Gasteiger partial charge on any atom is -0.491 e. The number of hydrogen-bond donors (Lipinski definition) is 1. The van der Waals surface area contributed by atoms with E-state index in [0.717, 1.165) is 11.6 Å². The van der Waals surface area contributed by atoms with Crippen molar-refractivity contribution in [2.45, 2.75) is 52.0 Å². The molecule has 1 N–H and O–H groups in total. The van der Waals surface area contributed by atoms with Crippen LogP contribution in [0, 0.1) is 11.7 Å². The third-order valence-electron chi connectivity index (χ3n) is 3.86. The average Bonchev–Trinajstić information content (AvgIpc) is 2.58. The standard InChI is InChI=1S/C16H24FNO/c1-3-19-16-10-9-14(11-15(16)17)18-13-6-4-5-12(2)7-8-13/h9-13,18H,3-8H2,1-2H3. The van der Waals surface area contributed by atoms with Gasteiger partial charge in [0, 0.05) is 17.8 Å². The zero-order valence-electron chi connectivity index (χ0n) is 11.9. The second-order valence-electron chi connectivity index (χ2n) is 5.53. The van der Waals surface area contributed by atoms with Gasteiger partial charge in [0.1, 0.15) is 0 Å². The van der Waals surface area contributed by atoms with Gasteiger partial charge in [-0.3, -0.25) is 0 Å². The van der Waals surface area contributed by atoms with E-state index in [9.17, 15) is 4.39 Å². The van der Waals surface area contributed by atoms with Gasteiger partial charge in [-0.15, -0.1) is 0 Å². The molecule has 0 aromatic heterocycles. The number of benzene rings is 1. The minimum atomic E-state index is -0.283. The molecule has 1 aliphatic carbocycles. The molecule has 0 radical (unpaired) electrons. The average molecular weight is 265 g/mol. The first-order valence-corrected chi connectivity index (χ1v) is 7.38. The molecule has 0 bridgehead atoms. The molecule has 2 nitrogen and oxygen atoms in total. The largest absolute Gasteiger partial charge is 0.491 e. The number of hydrogen-bond acceptors (Lipinski definition) is 2. The van der Waals surface area contributed by atoms with Gasteiger partial charge < -0.3 is 10.1 Å². The van der Waals surface area contributed by atoms with Crippen LogP contribution >= 0.6 is 0 Å². The van der Waals surface area contributed by atoms with E-state index in [2.05, 4.69) is 12.2 Å². The van der Waals surface area contributed by atoms with Crippen molar-refractivity contribution in [2.75, 3.05) is 11.9 Å². The second-order valence-corrected chi connectivity index (χ2v) is 5.53. The molecule has 1 fully saturated rings. The van der Waals surface area contributed by atoms with E-state index in [0.29, 0.717) is 18.4 Å². The Balaban J connectivity index is 1.96. The van der Waals surface area contributed by atoms with Crippen molar-refractivity contribution < 1.29 is 9.13 Å². The van der Waals surface area contributed by atoms with Crippen LogP contribution in [0.5, 0.6) is 5.75 Å². The van der Waals surface area contributed by atoms with Crippen LogP contribution in [0.15, 0.2) is 18.2 Å². The first-order valence-electron chi connectivity index (χ1n) is 7.38. The van der Waals surface area contributed by atoms with Crippen molar-refractivity contribution in [1.29, 1.82) is 0 Å². The molecule has 1 saturated carbocycles. The summed E-state index contributed by atoms with van der Waals surface area (Å²) < 4.78 is 19.0. The van der Waals surface area contributed by atoms with Crippen molar-refractivity contribution in [2.24, 2.45) is 5.92 Å². The van der Waals surface area contributed by atoms with Gasteiger partial charge in [0.15, 0.2) is 11.6 Å². The molecule has 106 valence electrons. The molecule has 1 aliphatic rings. The predicted octanol–water partition coefficient (Wildman–Crippen LogP) is 4.61. The molecule has 2 rings (SSSR count). The summed E-state index contributed by atoms with van der Waals surface area (Å²) >= 11 is 0. The molecular formula is C16H24FNO. The summed E-state index contributed by atoms with van der Waals surface area (Å²) in [5, 5.41) is 3.46. The summed E-state index contributed by atoms with van der Waals surface area (Å²) in [7, 11) is 0. The summed E-state index contributed by atoms with van der Waals surface area (Å²) in [5.74, 6) is 0.875. The molecule has 0 spiro atoms. The van der Waals surface area contributed by atoms with E-state index in [-0.39, 0.29) is 5.82 Å². The van der Waals surface area contributed by atoms with E-state index < -0.39 is 0 Å². The second kappa shape index (κ2) is 6.78. The smallest absolute Gasteiger partial charge is 0.167 e. The SMILES string of the molecule is CCOc1ccc(NC2CCCC(C)CC2)cc1F. The van der Waals surface area contributed by atoms with Crippen LogP contribution in [-0.2, 0) is 0 Å². The highest BCUT2D eigenvalue weighted by Gasteiger charge is 2.16. The molecular weight excluding hydrogens is 241 g/mol. The van der Waals surface area contributed by atoms with Crippen molar-refractivity contribution in [3.8, 4) is 5.75 Å². The molecule has 3 heteroatoms. The summed E-state index contributed by atoms with van der Waals surface area (Å²) in [4.78, 5) is 0. The fourth-order valence-corrected chi connectivity index (χ4v) is 2.73. The lowest BCUT2D eigenvalue weighted by molar-refractivity contribution is 0.321. The van der Waals surface area contributed by atoms with Gasteiger partial charge in [0.25, 0.3) is 0 Å². The Kier molecular flexibility index (Phi) is 5.06. The number of nitrogens with one attached hydrogen (secondary N) is 1. The lowest BCUT2D eigenvalue weighted by Gasteiger charge is -2.18. The highest BCUT2D eigenvalue weighted by Crippen LogP contribution is 2.27. The van der Waals surface area contributed by atoms with Gasteiger partial charge in [0.05, 0.1) is 6.61 Å². The first kappa shape index (κ1) is 14.2. The van der Waals surface area contributed by atoms with Crippen LogP contribution in [0.2, 0.25) is 0 Å². The van der Waals surface area contributed by atoms with Crippen LogP contribution < -0.4 is 10.1 Å². The summed E-state index contributed by atoms with van der Waals surface area (Å²) in [6, 6.07) is 5.63. The lowest BCUT2D eigenvalue weighted by Crippen LogP contribution is -2.18. The number of ether oxygens (including phenoxy) is 1. The van der Waals surface area contributed by atoms with Crippen LogP contribution in [0.4, 0.5) is 10.1 Å². The summed E-state index contributed by atoms with van der Waals surface area (Å²) in [6.45, 7) is 4.67. The van der Waals surface area contributed by atoms with E-state index in [4.69, 9.17) is 4.74 Å². The first-order chi connectivity index (χ1) is 9.19. The third-order valence-corrected chi connectivity index (χ3v) is 3.86. The van der Waals surface area contributed by atoms with Crippen molar-refractivity contribution in [1.82, 2.24) is 0 Å². The molecule has 0 amide bonds. The highest BCUT2D eigenvalue weighted by molar-refractivity contribution is 5.48. The molecule has 0 aliphatic heterocycles. The maximum Gasteiger partial charge on any atom is 0.167 e. The van der Waals surface area contributed by atoms with Gasteiger partial charge in [-0.05, 0) is 44.2 Å². The Hall–Kier alpha value is -1.25. The highest BCUT2D eigenvalue weighted by atomic mass is 19.1. The van der Waals surface area contributed by atoms with Gasteiger partial charge in [0.2, 0.25) is 0 Å². The lowest BCUT2D eigenvalue weighted by atomic mass is 10.0. The zero-order valence-corrected chi connectivity index (χ0v) is 11.9. The molecule has 2 atom stereocenters. The molecule has 19 heavy (non-hydrogen) atoms. The molecule has 1 aromatic carbocycles. The van der Waals surface area contributed by atoms with Crippen molar-refractivity contribution in [3.05, 3.63) is 24.0 Å². The quantitative estimate of drug-likeness (QED) is 0.803. The van der Waals surface area contributed by atoms with E-state index in [1.165, 1.54) is 32.1 Å². The van der Waals surface area contributed by atoms with Crippen LogP contribution in [-0.4, -0.2) is 12.6 Å². The fraction of sp³-hybridized carbons (Fsp3) is 0.625. The normalized spacial score (nSPS) is 23.7. The summed E-state index contributed by atoms with van der Waals surface area (Å²) in [6.07, 6.45) is 6.19. The Bertz CT molecular complexity index is 408. The third kappa shape index (κ3) is 4.12. The number of rotatable bonds is 4. The Morgan fingerprint density at radius 1 is 1.26 bits per heavy atom. The van der Waals surface area contributed by atoms with Gasteiger partial charge in [-0.1, -0.05) is 19.8 Å². The van der Waals surface area contributed by atoms with Gasteiger partial charge in [-0.25, -0.2) is 4.39 Å². The van der Waals surface area contributed by atoms with Crippen LogP contribution in [0.3, 0.4) is 0 Å². The monoisotopic (exact) mass is 265 g/mol. The Labute approximate surface area is 115 Å². The van der Waals surface area contributed by atoms with Gasteiger partial charge in [-0.2, -0.15) is 0 Å². The zero-order chi connectivity index (χ0) is 13.7. The van der Waals surface area contributed by atoms with E-state index >= 15 is 0 Å². The fourth-order valence-electron chi connectivity index (χ4n) is 2.73. The molecule has 2 unspecified atom stereocenters. The Morgan fingerprint density at radius 2 is 2.11 bits per heavy atom. The maximum atomic E-state index is 13.8. The maximum absolute atomic E-state index is 13.8. The number of anilines is 1. The van der Waals surface area contributed by atoms with Gasteiger partial charge >= 0.3 is 0 Å². The van der Waals surface area contributed by atoms with Crippen LogP contribution in [0.1, 0.15) is 46.0 Å². The molecule has 1 aromatic rings. The van der Waals surface area contributed by atoms with E-state index in [1.54, 1.807) is 12.1 Å². The van der Waals surface area contributed by atoms with E-state index in [1.807, 2.05) is 13.0 Å². The Morgan fingerprint density at radius 3 is 2.84 bits per heavy atom. The van der Waals surface area contributed by atoms with Crippen LogP contribution in [0.25, 0.3) is 0 Å². The van der Waals surface area contributed by atoms with Crippen molar-refractivity contribution >= 4 is 5.69 Å². The minimum absolute atomic E-state index is 0.283.